The first-order chi connectivity index (χ1) is 7.57. The minimum atomic E-state index is -0.432. The Morgan fingerprint density at radius 2 is 2.06 bits per heavy atom. The van der Waals surface area contributed by atoms with Crippen molar-refractivity contribution in [2.24, 2.45) is 5.92 Å². The van der Waals surface area contributed by atoms with Gasteiger partial charge in [0.1, 0.15) is 5.92 Å². The third-order valence-electron chi connectivity index (χ3n) is 2.31. The highest BCUT2D eigenvalue weighted by Gasteiger charge is 2.22. The molecule has 4 nitrogen and oxygen atoms in total. The number of esters is 1. The molecule has 0 N–H and O–H groups in total. The molecule has 0 radical (unpaired) electrons. The molecule has 0 saturated heterocycles. The Kier molecular flexibility index (Phi) is 4.37. The minimum absolute atomic E-state index is 0.328. The summed E-state index contributed by atoms with van der Waals surface area (Å²) in [7, 11) is 3.17. The van der Waals surface area contributed by atoms with Gasteiger partial charge in [0, 0.05) is 25.1 Å². The van der Waals surface area contributed by atoms with E-state index >= 15 is 0 Å². The molecule has 5 heteroatoms. The van der Waals surface area contributed by atoms with Crippen LogP contribution >= 0.6 is 12.2 Å². The zero-order valence-electron chi connectivity index (χ0n) is 9.51. The SMILES string of the molecule is COC(=O)C(C)C(=S)N(C)c1ccncc1. The summed E-state index contributed by atoms with van der Waals surface area (Å²) in [5.74, 6) is -0.760. The van der Waals surface area contributed by atoms with Gasteiger partial charge in [-0.15, -0.1) is 0 Å². The number of nitrogens with zero attached hydrogens (tertiary/aromatic N) is 2. The molecule has 16 heavy (non-hydrogen) atoms. The number of carbonyl (C=O) groups is 1. The molecule has 1 aromatic heterocycles. The van der Waals surface area contributed by atoms with Crippen LogP contribution in [-0.2, 0) is 9.53 Å². The van der Waals surface area contributed by atoms with Crippen LogP contribution in [-0.4, -0.2) is 30.1 Å². The van der Waals surface area contributed by atoms with Gasteiger partial charge in [-0.25, -0.2) is 0 Å². The molecule has 0 amide bonds. The molecule has 86 valence electrons. The highest BCUT2D eigenvalue weighted by Crippen LogP contribution is 2.15. The lowest BCUT2D eigenvalue weighted by Crippen LogP contribution is -2.34. The molecule has 0 spiro atoms. The van der Waals surface area contributed by atoms with Gasteiger partial charge in [0.05, 0.1) is 12.1 Å². The van der Waals surface area contributed by atoms with Crippen LogP contribution in [0, 0.1) is 5.92 Å². The van der Waals surface area contributed by atoms with Crippen molar-refractivity contribution in [3.8, 4) is 0 Å². The van der Waals surface area contributed by atoms with E-state index in [0.717, 1.165) is 5.69 Å². The van der Waals surface area contributed by atoms with Crippen molar-refractivity contribution in [3.63, 3.8) is 0 Å². The third-order valence-corrected chi connectivity index (χ3v) is 2.93. The van der Waals surface area contributed by atoms with Crippen LogP contribution in [0.15, 0.2) is 24.5 Å². The first kappa shape index (κ1) is 12.6. The standard InChI is InChI=1S/C11H14N2O2S/c1-8(11(14)15-3)10(16)13(2)9-4-6-12-7-5-9/h4-8H,1-3H3. The second kappa shape index (κ2) is 5.55. The molecule has 0 aliphatic heterocycles. The number of aromatic nitrogens is 1. The monoisotopic (exact) mass is 238 g/mol. The number of rotatable bonds is 3. The van der Waals surface area contributed by atoms with Gasteiger partial charge < -0.3 is 9.64 Å². The van der Waals surface area contributed by atoms with Gasteiger partial charge in [-0.2, -0.15) is 0 Å². The molecule has 0 aliphatic carbocycles. The smallest absolute Gasteiger partial charge is 0.315 e. The van der Waals surface area contributed by atoms with E-state index in [1.165, 1.54) is 7.11 Å². The molecular formula is C11H14N2O2S. The summed E-state index contributed by atoms with van der Waals surface area (Å²) in [5.41, 5.74) is 0.899. The number of hydrogen-bond acceptors (Lipinski definition) is 4. The van der Waals surface area contributed by atoms with E-state index < -0.39 is 5.92 Å². The quantitative estimate of drug-likeness (QED) is 0.591. The van der Waals surface area contributed by atoms with E-state index in [1.807, 2.05) is 19.2 Å². The largest absolute Gasteiger partial charge is 0.468 e. The van der Waals surface area contributed by atoms with Gasteiger partial charge in [0.2, 0.25) is 0 Å². The van der Waals surface area contributed by atoms with Crippen LogP contribution in [0.3, 0.4) is 0 Å². The highest BCUT2D eigenvalue weighted by molar-refractivity contribution is 7.80. The third kappa shape index (κ3) is 2.76. The fraction of sp³-hybridized carbons (Fsp3) is 0.364. The van der Waals surface area contributed by atoms with Crippen LogP contribution in [0.25, 0.3) is 0 Å². The molecule has 1 heterocycles. The van der Waals surface area contributed by atoms with Gasteiger partial charge in [-0.3, -0.25) is 9.78 Å². The summed E-state index contributed by atoms with van der Waals surface area (Å²) in [6.45, 7) is 1.73. The van der Waals surface area contributed by atoms with Crippen molar-refractivity contribution in [1.29, 1.82) is 0 Å². The Bertz CT molecular complexity index is 381. The Hall–Kier alpha value is -1.49. The van der Waals surface area contributed by atoms with Crippen molar-refractivity contribution < 1.29 is 9.53 Å². The van der Waals surface area contributed by atoms with Gasteiger partial charge in [0.15, 0.2) is 0 Å². The summed E-state index contributed by atoms with van der Waals surface area (Å²) >= 11 is 5.23. The topological polar surface area (TPSA) is 42.4 Å². The average molecular weight is 238 g/mol. The number of thiocarbonyl (C=S) groups is 1. The van der Waals surface area contributed by atoms with E-state index in [1.54, 1.807) is 24.2 Å². The Morgan fingerprint density at radius 3 is 2.56 bits per heavy atom. The van der Waals surface area contributed by atoms with E-state index in [0.29, 0.717) is 4.99 Å². The molecule has 0 bridgehead atoms. The van der Waals surface area contributed by atoms with Crippen molar-refractivity contribution >= 4 is 28.9 Å². The van der Waals surface area contributed by atoms with E-state index in [4.69, 9.17) is 12.2 Å². The molecule has 0 aromatic carbocycles. The normalized spacial score (nSPS) is 11.7. The zero-order chi connectivity index (χ0) is 12.1. The van der Waals surface area contributed by atoms with Crippen LogP contribution in [0.5, 0.6) is 0 Å². The van der Waals surface area contributed by atoms with Gasteiger partial charge in [0.25, 0.3) is 0 Å². The highest BCUT2D eigenvalue weighted by atomic mass is 32.1. The number of carbonyl (C=O) groups excluding carboxylic acids is 1. The lowest BCUT2D eigenvalue weighted by Gasteiger charge is -2.23. The van der Waals surface area contributed by atoms with Gasteiger partial charge in [-0.05, 0) is 19.1 Å². The fourth-order valence-electron chi connectivity index (χ4n) is 1.26. The van der Waals surface area contributed by atoms with Gasteiger partial charge in [-0.1, -0.05) is 12.2 Å². The van der Waals surface area contributed by atoms with Crippen LogP contribution in [0.1, 0.15) is 6.92 Å². The summed E-state index contributed by atoms with van der Waals surface area (Å²) in [4.78, 5) is 17.6. The molecule has 1 aromatic rings. The van der Waals surface area contributed by atoms with Crippen LogP contribution < -0.4 is 4.90 Å². The molecule has 0 fully saturated rings. The fourth-order valence-corrected chi connectivity index (χ4v) is 1.46. The molecule has 0 saturated carbocycles. The first-order valence-corrected chi connectivity index (χ1v) is 5.24. The summed E-state index contributed by atoms with van der Waals surface area (Å²) < 4.78 is 4.65. The summed E-state index contributed by atoms with van der Waals surface area (Å²) in [6.07, 6.45) is 3.36. The summed E-state index contributed by atoms with van der Waals surface area (Å²) in [5, 5.41) is 0. The van der Waals surface area contributed by atoms with Gasteiger partial charge >= 0.3 is 5.97 Å². The summed E-state index contributed by atoms with van der Waals surface area (Å²) in [6, 6.07) is 3.66. The number of methoxy groups -OCH3 is 1. The Labute approximate surface area is 100 Å². The minimum Gasteiger partial charge on any atom is -0.468 e. The zero-order valence-corrected chi connectivity index (χ0v) is 10.3. The lowest BCUT2D eigenvalue weighted by atomic mass is 10.1. The molecular weight excluding hydrogens is 224 g/mol. The predicted molar refractivity (Wildman–Crippen MR) is 66.4 cm³/mol. The van der Waals surface area contributed by atoms with Crippen molar-refractivity contribution in [1.82, 2.24) is 4.98 Å². The first-order valence-electron chi connectivity index (χ1n) is 4.83. The number of ether oxygens (including phenoxy) is 1. The van der Waals surface area contributed by atoms with Crippen molar-refractivity contribution in [2.75, 3.05) is 19.1 Å². The molecule has 1 rings (SSSR count). The number of hydrogen-bond donors (Lipinski definition) is 0. The Balaban J connectivity index is 2.79. The second-order valence-corrected chi connectivity index (χ2v) is 3.77. The average Bonchev–Trinajstić information content (AvgIpc) is 2.36. The number of anilines is 1. The van der Waals surface area contributed by atoms with E-state index in [2.05, 4.69) is 9.72 Å². The van der Waals surface area contributed by atoms with E-state index in [-0.39, 0.29) is 5.97 Å². The van der Waals surface area contributed by atoms with Crippen LogP contribution in [0.4, 0.5) is 5.69 Å². The predicted octanol–water partition coefficient (Wildman–Crippen LogP) is 1.65. The van der Waals surface area contributed by atoms with Crippen LogP contribution in [0.2, 0.25) is 0 Å². The molecule has 1 atom stereocenters. The second-order valence-electron chi connectivity index (χ2n) is 3.35. The maximum absolute atomic E-state index is 11.3. The van der Waals surface area contributed by atoms with Crippen molar-refractivity contribution in [3.05, 3.63) is 24.5 Å². The maximum Gasteiger partial charge on any atom is 0.315 e. The number of pyridine rings is 1. The van der Waals surface area contributed by atoms with E-state index in [9.17, 15) is 4.79 Å². The van der Waals surface area contributed by atoms with Crippen molar-refractivity contribution in [2.45, 2.75) is 6.92 Å². The molecule has 0 aliphatic rings. The molecule has 1 unspecified atom stereocenters. The maximum atomic E-state index is 11.3. The lowest BCUT2D eigenvalue weighted by molar-refractivity contribution is -0.142. The Morgan fingerprint density at radius 1 is 1.50 bits per heavy atom.